The quantitative estimate of drug-likeness (QED) is 0.363. The molecule has 0 aliphatic carbocycles. The number of hydrazine groups is 1. The Morgan fingerprint density at radius 1 is 1.40 bits per heavy atom. The number of likely N-dealkylation sites (tertiary alicyclic amines) is 1. The minimum absolute atomic E-state index is 0.0696. The summed E-state index contributed by atoms with van der Waals surface area (Å²) in [5.41, 5.74) is 2.18. The van der Waals surface area contributed by atoms with E-state index < -0.39 is 0 Å². The summed E-state index contributed by atoms with van der Waals surface area (Å²) in [7, 11) is 1.66. The Labute approximate surface area is 120 Å². The van der Waals surface area contributed by atoms with Crippen LogP contribution in [0.5, 0.6) is 0 Å². The number of amides is 2. The minimum Gasteiger partial charge on any atom is -0.383 e. The number of carbonyl (C=O) groups excluding carboxylic acids is 2. The van der Waals surface area contributed by atoms with E-state index in [-0.39, 0.29) is 17.7 Å². The van der Waals surface area contributed by atoms with Crippen molar-refractivity contribution in [2.45, 2.75) is 19.8 Å². The number of nitrogens with zero attached hydrogens (tertiary/aromatic N) is 2. The van der Waals surface area contributed by atoms with E-state index in [1.807, 2.05) is 11.8 Å². The molecule has 3 N–H and O–H groups in total. The van der Waals surface area contributed by atoms with E-state index in [1.54, 1.807) is 7.11 Å². The van der Waals surface area contributed by atoms with Crippen LogP contribution in [0.3, 0.4) is 0 Å². The molecule has 0 aromatic rings. The lowest BCUT2D eigenvalue weighted by Gasteiger charge is -2.32. The van der Waals surface area contributed by atoms with Gasteiger partial charge in [-0.05, 0) is 19.4 Å². The first-order chi connectivity index (χ1) is 9.62. The molecule has 0 aromatic heterocycles. The minimum atomic E-state index is -0.132. The van der Waals surface area contributed by atoms with Crippen LogP contribution in [0.15, 0.2) is 0 Å². The number of likely N-dealkylation sites (N-methyl/N-ethyl adjacent to an activating group) is 1. The number of ether oxygens (including phenoxy) is 1. The van der Waals surface area contributed by atoms with E-state index in [0.29, 0.717) is 39.1 Å². The largest absolute Gasteiger partial charge is 0.383 e. The number of methoxy groups -OCH3 is 1. The zero-order chi connectivity index (χ0) is 15.0. The fourth-order valence-corrected chi connectivity index (χ4v) is 2.37. The number of hydrogen-bond donors (Lipinski definition) is 2. The van der Waals surface area contributed by atoms with Gasteiger partial charge >= 0.3 is 0 Å². The Balaban J connectivity index is 2.36. The van der Waals surface area contributed by atoms with Crippen molar-refractivity contribution in [2.75, 3.05) is 46.4 Å². The highest BCUT2D eigenvalue weighted by molar-refractivity contribution is 5.80. The highest BCUT2D eigenvalue weighted by atomic mass is 16.5. The first kappa shape index (κ1) is 16.9. The van der Waals surface area contributed by atoms with Gasteiger partial charge in [-0.3, -0.25) is 19.9 Å². The van der Waals surface area contributed by atoms with Gasteiger partial charge in [0.05, 0.1) is 13.2 Å². The van der Waals surface area contributed by atoms with Gasteiger partial charge in [-0.25, -0.2) is 5.84 Å². The van der Waals surface area contributed by atoms with Crippen LogP contribution in [-0.4, -0.2) is 68.1 Å². The van der Waals surface area contributed by atoms with Crippen LogP contribution in [0, 0.1) is 5.92 Å². The lowest BCUT2D eigenvalue weighted by atomic mass is 9.96. The van der Waals surface area contributed by atoms with Crippen molar-refractivity contribution in [1.82, 2.24) is 15.2 Å². The highest BCUT2D eigenvalue weighted by Crippen LogP contribution is 2.17. The molecule has 1 fully saturated rings. The van der Waals surface area contributed by atoms with Crippen molar-refractivity contribution in [3.63, 3.8) is 0 Å². The van der Waals surface area contributed by atoms with E-state index in [1.165, 1.54) is 0 Å². The molecule has 7 nitrogen and oxygen atoms in total. The second-order valence-electron chi connectivity index (χ2n) is 5.03. The standard InChI is InChI=1S/C13H26N4O3/c1-3-16(8-9-20-2)10-12(18)17-6-4-11(5-7-17)13(19)15-14/h11H,3-10,14H2,1-2H3,(H,15,19). The third-order valence-electron chi connectivity index (χ3n) is 3.78. The normalized spacial score (nSPS) is 16.5. The smallest absolute Gasteiger partial charge is 0.237 e. The van der Waals surface area contributed by atoms with E-state index in [0.717, 1.165) is 13.1 Å². The Morgan fingerprint density at radius 3 is 2.55 bits per heavy atom. The number of rotatable bonds is 7. The molecule has 0 atom stereocenters. The Bertz CT molecular complexity index is 317. The zero-order valence-corrected chi connectivity index (χ0v) is 12.4. The monoisotopic (exact) mass is 286 g/mol. The second-order valence-corrected chi connectivity index (χ2v) is 5.03. The third-order valence-corrected chi connectivity index (χ3v) is 3.78. The van der Waals surface area contributed by atoms with Gasteiger partial charge in [-0.1, -0.05) is 6.92 Å². The van der Waals surface area contributed by atoms with Gasteiger partial charge in [-0.15, -0.1) is 0 Å². The molecule has 0 saturated carbocycles. The van der Waals surface area contributed by atoms with Crippen molar-refractivity contribution >= 4 is 11.8 Å². The summed E-state index contributed by atoms with van der Waals surface area (Å²) in [6.07, 6.45) is 1.36. The summed E-state index contributed by atoms with van der Waals surface area (Å²) in [5.74, 6) is 5.05. The van der Waals surface area contributed by atoms with Crippen LogP contribution in [0.2, 0.25) is 0 Å². The molecular formula is C13H26N4O3. The highest BCUT2D eigenvalue weighted by Gasteiger charge is 2.27. The van der Waals surface area contributed by atoms with Crippen molar-refractivity contribution in [2.24, 2.45) is 11.8 Å². The topological polar surface area (TPSA) is 87.9 Å². The molecule has 2 amide bonds. The van der Waals surface area contributed by atoms with Crippen molar-refractivity contribution in [1.29, 1.82) is 0 Å². The number of nitrogens with one attached hydrogen (secondary N) is 1. The fourth-order valence-electron chi connectivity index (χ4n) is 2.37. The number of hydrogen-bond acceptors (Lipinski definition) is 5. The molecule has 20 heavy (non-hydrogen) atoms. The van der Waals surface area contributed by atoms with Crippen molar-refractivity contribution in [3.8, 4) is 0 Å². The number of carbonyl (C=O) groups is 2. The molecule has 116 valence electrons. The molecule has 1 aliphatic heterocycles. The van der Waals surface area contributed by atoms with Gasteiger partial charge in [0, 0.05) is 32.7 Å². The Morgan fingerprint density at radius 2 is 2.05 bits per heavy atom. The maximum Gasteiger partial charge on any atom is 0.237 e. The summed E-state index contributed by atoms with van der Waals surface area (Å²) in [4.78, 5) is 27.5. The summed E-state index contributed by atoms with van der Waals surface area (Å²) in [6.45, 7) is 5.89. The second kappa shape index (κ2) is 8.89. The van der Waals surface area contributed by atoms with Gasteiger partial charge in [0.1, 0.15) is 0 Å². The maximum atomic E-state index is 12.2. The summed E-state index contributed by atoms with van der Waals surface area (Å²) < 4.78 is 5.03. The molecule has 1 heterocycles. The predicted octanol–water partition coefficient (Wildman–Crippen LogP) is -0.817. The Kier molecular flexibility index (Phi) is 7.50. The van der Waals surface area contributed by atoms with E-state index in [2.05, 4.69) is 10.3 Å². The SMILES string of the molecule is CCN(CCOC)CC(=O)N1CCC(C(=O)NN)CC1. The predicted molar refractivity (Wildman–Crippen MR) is 75.6 cm³/mol. The van der Waals surface area contributed by atoms with Gasteiger partial charge in [0.25, 0.3) is 0 Å². The third kappa shape index (κ3) is 5.07. The molecule has 7 heteroatoms. The van der Waals surface area contributed by atoms with Gasteiger partial charge < -0.3 is 9.64 Å². The Hall–Kier alpha value is -1.18. The molecule has 0 unspecified atom stereocenters. The van der Waals surface area contributed by atoms with Crippen LogP contribution < -0.4 is 11.3 Å². The van der Waals surface area contributed by atoms with Crippen molar-refractivity contribution < 1.29 is 14.3 Å². The summed E-state index contributed by atoms with van der Waals surface area (Å²) in [6, 6.07) is 0. The van der Waals surface area contributed by atoms with E-state index in [9.17, 15) is 9.59 Å². The fraction of sp³-hybridized carbons (Fsp3) is 0.846. The van der Waals surface area contributed by atoms with Gasteiger partial charge in [-0.2, -0.15) is 0 Å². The van der Waals surface area contributed by atoms with Crippen LogP contribution in [0.1, 0.15) is 19.8 Å². The molecule has 1 aliphatic rings. The molecule has 0 bridgehead atoms. The summed E-state index contributed by atoms with van der Waals surface area (Å²) in [5, 5.41) is 0. The zero-order valence-electron chi connectivity index (χ0n) is 12.4. The molecule has 0 spiro atoms. The van der Waals surface area contributed by atoms with Crippen LogP contribution in [0.4, 0.5) is 0 Å². The molecular weight excluding hydrogens is 260 g/mol. The maximum absolute atomic E-state index is 12.2. The molecule has 0 aromatic carbocycles. The first-order valence-corrected chi connectivity index (χ1v) is 7.11. The lowest BCUT2D eigenvalue weighted by molar-refractivity contribution is -0.136. The van der Waals surface area contributed by atoms with Gasteiger partial charge in [0.2, 0.25) is 11.8 Å². The van der Waals surface area contributed by atoms with Crippen molar-refractivity contribution in [3.05, 3.63) is 0 Å². The van der Waals surface area contributed by atoms with Crippen LogP contribution >= 0.6 is 0 Å². The van der Waals surface area contributed by atoms with E-state index >= 15 is 0 Å². The van der Waals surface area contributed by atoms with E-state index in [4.69, 9.17) is 10.6 Å². The first-order valence-electron chi connectivity index (χ1n) is 7.11. The van der Waals surface area contributed by atoms with Crippen LogP contribution in [0.25, 0.3) is 0 Å². The molecule has 0 radical (unpaired) electrons. The summed E-state index contributed by atoms with van der Waals surface area (Å²) >= 11 is 0. The molecule has 1 rings (SSSR count). The van der Waals surface area contributed by atoms with Crippen LogP contribution in [-0.2, 0) is 14.3 Å². The molecule has 1 saturated heterocycles. The average molecular weight is 286 g/mol. The average Bonchev–Trinajstić information content (AvgIpc) is 2.50. The number of piperidine rings is 1. The van der Waals surface area contributed by atoms with Gasteiger partial charge in [0.15, 0.2) is 0 Å². The number of nitrogens with two attached hydrogens (primary N) is 1. The lowest BCUT2D eigenvalue weighted by Crippen LogP contribution is -2.47.